The molecule has 2 aliphatic carbocycles. The molecule has 1 amide bonds. The van der Waals surface area contributed by atoms with Crippen LogP contribution in [-0.2, 0) is 4.79 Å². The predicted octanol–water partition coefficient (Wildman–Crippen LogP) is 5.40. The van der Waals surface area contributed by atoms with Crippen molar-refractivity contribution in [2.45, 2.75) is 84.2 Å². The van der Waals surface area contributed by atoms with Gasteiger partial charge in [-0.3, -0.25) is 4.79 Å². The van der Waals surface area contributed by atoms with Crippen LogP contribution < -0.4 is 10.2 Å². The van der Waals surface area contributed by atoms with E-state index in [1.54, 1.807) is 0 Å². The Morgan fingerprint density at radius 3 is 2.44 bits per heavy atom. The maximum Gasteiger partial charge on any atom is 0.241 e. The summed E-state index contributed by atoms with van der Waals surface area (Å²) in [5.74, 6) is 2.37. The summed E-state index contributed by atoms with van der Waals surface area (Å²) in [5.41, 5.74) is 1.06. The van der Waals surface area contributed by atoms with Crippen LogP contribution in [0.1, 0.15) is 72.1 Å². The number of carbonyl (C=O) groups excluding carboxylic acids is 1. The normalized spacial score (nSPS) is 26.9. The standard InChI is InChI=1S/C24H38N2O/c1-18(2)22-15-14-19(3)16-23(22)25-17-24(27)26(20-10-6-4-7-11-20)21-12-8-5-9-13-21/h4,6-7,10-11,18-19,21-23,25H,5,8-9,12-17H2,1-3H3/t19-,22+,23?/m0/s1. The van der Waals surface area contributed by atoms with Crippen LogP contribution in [0, 0.1) is 17.8 Å². The van der Waals surface area contributed by atoms with Crippen molar-refractivity contribution in [3.05, 3.63) is 30.3 Å². The number of para-hydroxylation sites is 1. The first-order valence-corrected chi connectivity index (χ1v) is 11.2. The van der Waals surface area contributed by atoms with E-state index in [4.69, 9.17) is 0 Å². The number of nitrogens with zero attached hydrogens (tertiary/aromatic N) is 1. The Morgan fingerprint density at radius 1 is 1.07 bits per heavy atom. The van der Waals surface area contributed by atoms with Gasteiger partial charge in [-0.1, -0.05) is 64.7 Å². The molecule has 3 nitrogen and oxygen atoms in total. The average molecular weight is 371 g/mol. The molecule has 0 heterocycles. The Hall–Kier alpha value is -1.35. The van der Waals surface area contributed by atoms with Gasteiger partial charge in [-0.25, -0.2) is 0 Å². The topological polar surface area (TPSA) is 32.3 Å². The minimum Gasteiger partial charge on any atom is -0.308 e. The largest absolute Gasteiger partial charge is 0.308 e. The number of hydrogen-bond acceptors (Lipinski definition) is 2. The number of rotatable bonds is 6. The zero-order valence-electron chi connectivity index (χ0n) is 17.5. The summed E-state index contributed by atoms with van der Waals surface area (Å²) in [7, 11) is 0. The molecule has 0 aliphatic heterocycles. The van der Waals surface area contributed by atoms with Gasteiger partial charge in [-0.2, -0.15) is 0 Å². The molecule has 1 aromatic carbocycles. The number of amides is 1. The first kappa shape index (κ1) is 20.4. The van der Waals surface area contributed by atoms with Crippen molar-refractivity contribution in [3.63, 3.8) is 0 Å². The monoisotopic (exact) mass is 370 g/mol. The molecule has 1 N–H and O–H groups in total. The molecule has 2 saturated carbocycles. The average Bonchev–Trinajstić information content (AvgIpc) is 2.68. The third-order valence-corrected chi connectivity index (χ3v) is 6.78. The zero-order chi connectivity index (χ0) is 19.2. The van der Waals surface area contributed by atoms with Gasteiger partial charge in [0.15, 0.2) is 0 Å². The molecule has 3 rings (SSSR count). The summed E-state index contributed by atoms with van der Waals surface area (Å²) in [4.78, 5) is 15.4. The van der Waals surface area contributed by atoms with Crippen molar-refractivity contribution in [3.8, 4) is 0 Å². The molecule has 2 fully saturated rings. The molecule has 1 unspecified atom stereocenters. The van der Waals surface area contributed by atoms with Crippen molar-refractivity contribution in [2.24, 2.45) is 17.8 Å². The summed E-state index contributed by atoms with van der Waals surface area (Å²) >= 11 is 0. The second-order valence-corrected chi connectivity index (χ2v) is 9.20. The van der Waals surface area contributed by atoms with Gasteiger partial charge in [-0.15, -0.1) is 0 Å². The van der Waals surface area contributed by atoms with Crippen molar-refractivity contribution in [1.82, 2.24) is 5.32 Å². The molecule has 3 heteroatoms. The van der Waals surface area contributed by atoms with Gasteiger partial charge < -0.3 is 10.2 Å². The highest BCUT2D eigenvalue weighted by molar-refractivity contribution is 5.95. The Bertz CT molecular complexity index is 579. The lowest BCUT2D eigenvalue weighted by Crippen LogP contribution is -2.50. The number of anilines is 1. The third kappa shape index (κ3) is 5.34. The van der Waals surface area contributed by atoms with E-state index in [2.05, 4.69) is 43.1 Å². The van der Waals surface area contributed by atoms with Crippen molar-refractivity contribution >= 4 is 11.6 Å². The van der Waals surface area contributed by atoms with Gasteiger partial charge in [0.05, 0.1) is 6.54 Å². The smallest absolute Gasteiger partial charge is 0.241 e. The summed E-state index contributed by atoms with van der Waals surface area (Å²) in [6.45, 7) is 7.47. The van der Waals surface area contributed by atoms with Gasteiger partial charge in [-0.05, 0) is 55.6 Å². The molecule has 1 aromatic rings. The lowest BCUT2D eigenvalue weighted by atomic mass is 9.74. The molecular formula is C24H38N2O. The van der Waals surface area contributed by atoms with Gasteiger partial charge in [0, 0.05) is 17.8 Å². The van der Waals surface area contributed by atoms with Crippen LogP contribution in [0.2, 0.25) is 0 Å². The number of hydrogen-bond donors (Lipinski definition) is 1. The van der Waals surface area contributed by atoms with Crippen molar-refractivity contribution in [2.75, 3.05) is 11.4 Å². The van der Waals surface area contributed by atoms with Crippen LogP contribution in [0.15, 0.2) is 30.3 Å². The molecule has 0 spiro atoms. The van der Waals surface area contributed by atoms with Gasteiger partial charge in [0.1, 0.15) is 0 Å². The second-order valence-electron chi connectivity index (χ2n) is 9.20. The van der Waals surface area contributed by atoms with Crippen LogP contribution in [0.25, 0.3) is 0 Å². The summed E-state index contributed by atoms with van der Waals surface area (Å²) < 4.78 is 0. The van der Waals surface area contributed by atoms with E-state index in [-0.39, 0.29) is 5.91 Å². The lowest BCUT2D eigenvalue weighted by Gasteiger charge is -2.39. The molecule has 27 heavy (non-hydrogen) atoms. The maximum atomic E-state index is 13.3. The minimum atomic E-state index is 0.244. The van der Waals surface area contributed by atoms with E-state index in [1.807, 2.05) is 18.2 Å². The molecule has 0 aromatic heterocycles. The number of carbonyl (C=O) groups is 1. The van der Waals surface area contributed by atoms with Crippen LogP contribution in [0.4, 0.5) is 5.69 Å². The molecular weight excluding hydrogens is 332 g/mol. The number of nitrogens with one attached hydrogen (secondary N) is 1. The lowest BCUT2D eigenvalue weighted by molar-refractivity contribution is -0.118. The summed E-state index contributed by atoms with van der Waals surface area (Å²) in [6.07, 6.45) is 9.87. The van der Waals surface area contributed by atoms with E-state index in [9.17, 15) is 4.79 Å². The van der Waals surface area contributed by atoms with E-state index in [0.29, 0.717) is 30.5 Å². The van der Waals surface area contributed by atoms with Gasteiger partial charge in [0.2, 0.25) is 5.91 Å². The Morgan fingerprint density at radius 2 is 1.78 bits per heavy atom. The first-order chi connectivity index (χ1) is 13.1. The fourth-order valence-corrected chi connectivity index (χ4v) is 5.23. The highest BCUT2D eigenvalue weighted by Crippen LogP contribution is 2.33. The number of benzene rings is 1. The molecule has 2 aliphatic rings. The van der Waals surface area contributed by atoms with Gasteiger partial charge >= 0.3 is 0 Å². The predicted molar refractivity (Wildman–Crippen MR) is 114 cm³/mol. The molecule has 0 bridgehead atoms. The van der Waals surface area contributed by atoms with Crippen molar-refractivity contribution < 1.29 is 4.79 Å². The molecule has 150 valence electrons. The van der Waals surface area contributed by atoms with E-state index in [0.717, 1.165) is 24.4 Å². The summed E-state index contributed by atoms with van der Waals surface area (Å²) in [6, 6.07) is 11.1. The first-order valence-electron chi connectivity index (χ1n) is 11.2. The second kappa shape index (κ2) is 9.73. The molecule has 0 radical (unpaired) electrons. The third-order valence-electron chi connectivity index (χ3n) is 6.78. The fourth-order valence-electron chi connectivity index (χ4n) is 5.23. The SMILES string of the molecule is CC(C)[C@H]1CC[C@H](C)CC1NCC(=O)N(c1ccccc1)C1CCCCC1. The molecule has 0 saturated heterocycles. The minimum absolute atomic E-state index is 0.244. The van der Waals surface area contributed by atoms with E-state index < -0.39 is 0 Å². The van der Waals surface area contributed by atoms with Gasteiger partial charge in [0.25, 0.3) is 0 Å². The summed E-state index contributed by atoms with van der Waals surface area (Å²) in [5, 5.41) is 3.68. The molecule has 3 atom stereocenters. The van der Waals surface area contributed by atoms with E-state index >= 15 is 0 Å². The Kier molecular flexibility index (Phi) is 7.34. The van der Waals surface area contributed by atoms with Crippen LogP contribution >= 0.6 is 0 Å². The highest BCUT2D eigenvalue weighted by Gasteiger charge is 2.32. The van der Waals surface area contributed by atoms with Crippen LogP contribution in [0.3, 0.4) is 0 Å². The van der Waals surface area contributed by atoms with Crippen molar-refractivity contribution in [1.29, 1.82) is 0 Å². The fraction of sp³-hybridized carbons (Fsp3) is 0.708. The Balaban J connectivity index is 1.68. The van der Waals surface area contributed by atoms with E-state index in [1.165, 1.54) is 38.5 Å². The van der Waals surface area contributed by atoms with Crippen LogP contribution in [0.5, 0.6) is 0 Å². The maximum absolute atomic E-state index is 13.3. The van der Waals surface area contributed by atoms with Crippen LogP contribution in [-0.4, -0.2) is 24.5 Å². The zero-order valence-corrected chi connectivity index (χ0v) is 17.5. The quantitative estimate of drug-likeness (QED) is 0.727. The Labute approximate surface area is 165 Å². The highest BCUT2D eigenvalue weighted by atomic mass is 16.2.